The molecule has 154 valence electrons. The number of hydrogen-bond acceptors (Lipinski definition) is 3. The van der Waals surface area contributed by atoms with E-state index in [1.165, 1.54) is 23.4 Å². The lowest BCUT2D eigenvalue weighted by Crippen LogP contribution is -2.39. The van der Waals surface area contributed by atoms with E-state index in [0.29, 0.717) is 17.4 Å². The van der Waals surface area contributed by atoms with Crippen LogP contribution < -0.4 is 4.90 Å². The molecular weight excluding hydrogens is 392 g/mol. The Bertz CT molecular complexity index is 962. The van der Waals surface area contributed by atoms with Crippen molar-refractivity contribution in [3.05, 3.63) is 83.8 Å². The fourth-order valence-electron chi connectivity index (χ4n) is 4.08. The number of amides is 2. The van der Waals surface area contributed by atoms with Crippen molar-refractivity contribution < 1.29 is 9.59 Å². The van der Waals surface area contributed by atoms with E-state index in [1.807, 2.05) is 35.2 Å². The molecule has 2 aromatic rings. The summed E-state index contributed by atoms with van der Waals surface area (Å²) in [6.07, 6.45) is 6.29. The van der Waals surface area contributed by atoms with Gasteiger partial charge in [0.2, 0.25) is 5.91 Å². The number of thioether (sulfide) groups is 1. The second-order valence-electron chi connectivity index (χ2n) is 7.74. The maximum atomic E-state index is 13.0. The number of benzene rings is 2. The van der Waals surface area contributed by atoms with Crippen LogP contribution in [0.4, 0.5) is 5.69 Å². The highest BCUT2D eigenvalue weighted by Crippen LogP contribution is 2.41. The first-order chi connectivity index (χ1) is 14.7. The molecule has 0 radical (unpaired) electrons. The zero-order chi connectivity index (χ0) is 20.9. The highest BCUT2D eigenvalue weighted by molar-refractivity contribution is 8.04. The van der Waals surface area contributed by atoms with Crippen LogP contribution in [0.2, 0.25) is 0 Å². The molecule has 2 aliphatic heterocycles. The fourth-order valence-corrected chi connectivity index (χ4v) is 5.10. The van der Waals surface area contributed by atoms with E-state index in [0.717, 1.165) is 42.9 Å². The molecule has 0 aromatic heterocycles. The van der Waals surface area contributed by atoms with Gasteiger partial charge in [0.15, 0.2) is 0 Å². The molecule has 0 bridgehead atoms. The van der Waals surface area contributed by atoms with Gasteiger partial charge >= 0.3 is 0 Å². The van der Waals surface area contributed by atoms with E-state index in [-0.39, 0.29) is 11.8 Å². The molecule has 4 rings (SSSR count). The van der Waals surface area contributed by atoms with Crippen molar-refractivity contribution >= 4 is 29.3 Å². The van der Waals surface area contributed by atoms with Crippen LogP contribution in [0.3, 0.4) is 0 Å². The van der Waals surface area contributed by atoms with E-state index in [4.69, 9.17) is 0 Å². The molecule has 5 heteroatoms. The summed E-state index contributed by atoms with van der Waals surface area (Å²) in [5.41, 5.74) is 2.23. The van der Waals surface area contributed by atoms with Gasteiger partial charge in [-0.15, -0.1) is 6.58 Å². The highest BCUT2D eigenvalue weighted by atomic mass is 32.2. The molecule has 0 spiro atoms. The van der Waals surface area contributed by atoms with Crippen molar-refractivity contribution in [2.45, 2.75) is 24.2 Å². The van der Waals surface area contributed by atoms with E-state index in [9.17, 15) is 9.59 Å². The summed E-state index contributed by atoms with van der Waals surface area (Å²) in [7, 11) is 0. The van der Waals surface area contributed by atoms with E-state index < -0.39 is 0 Å². The smallest absolute Gasteiger partial charge is 0.265 e. The lowest BCUT2D eigenvalue weighted by Gasteiger charge is -2.32. The number of fused-ring (bicyclic) bond motifs is 1. The van der Waals surface area contributed by atoms with E-state index >= 15 is 0 Å². The Morgan fingerprint density at radius 2 is 1.77 bits per heavy atom. The maximum absolute atomic E-state index is 13.0. The van der Waals surface area contributed by atoms with Gasteiger partial charge in [0.05, 0.1) is 10.6 Å². The molecule has 30 heavy (non-hydrogen) atoms. The van der Waals surface area contributed by atoms with Gasteiger partial charge in [-0.25, -0.2) is 0 Å². The number of carbonyl (C=O) groups is 2. The summed E-state index contributed by atoms with van der Waals surface area (Å²) < 4.78 is 0. The average Bonchev–Trinajstić information content (AvgIpc) is 2.78. The molecule has 0 unspecified atom stereocenters. The van der Waals surface area contributed by atoms with Gasteiger partial charge in [0, 0.05) is 30.6 Å². The first-order valence-electron chi connectivity index (χ1n) is 10.4. The third-order valence-electron chi connectivity index (χ3n) is 5.69. The zero-order valence-corrected chi connectivity index (χ0v) is 17.8. The molecule has 1 fully saturated rings. The topological polar surface area (TPSA) is 40.6 Å². The number of anilines is 1. The molecule has 4 nitrogen and oxygen atoms in total. The molecule has 2 heterocycles. The van der Waals surface area contributed by atoms with Crippen LogP contribution in [-0.4, -0.2) is 36.3 Å². The lowest BCUT2D eigenvalue weighted by atomic mass is 9.90. The fraction of sp³-hybridized carbons (Fsp3) is 0.280. The summed E-state index contributed by atoms with van der Waals surface area (Å²) in [6.45, 7) is 5.67. The van der Waals surface area contributed by atoms with Gasteiger partial charge in [-0.1, -0.05) is 60.3 Å². The van der Waals surface area contributed by atoms with Crippen molar-refractivity contribution in [3.63, 3.8) is 0 Å². The largest absolute Gasteiger partial charge is 0.339 e. The van der Waals surface area contributed by atoms with Gasteiger partial charge < -0.3 is 9.80 Å². The van der Waals surface area contributed by atoms with Crippen molar-refractivity contribution in [1.29, 1.82) is 0 Å². The molecule has 0 N–H and O–H groups in total. The van der Waals surface area contributed by atoms with Gasteiger partial charge in [0.25, 0.3) is 5.91 Å². The summed E-state index contributed by atoms with van der Waals surface area (Å²) in [5.74, 6) is 0.401. The van der Waals surface area contributed by atoms with Crippen molar-refractivity contribution in [2.75, 3.05) is 24.5 Å². The summed E-state index contributed by atoms with van der Waals surface area (Å²) in [5, 5.41) is 0. The summed E-state index contributed by atoms with van der Waals surface area (Å²) >= 11 is 1.38. The van der Waals surface area contributed by atoms with Gasteiger partial charge in [-0.2, -0.15) is 0 Å². The first-order valence-corrected chi connectivity index (χ1v) is 11.2. The van der Waals surface area contributed by atoms with Crippen LogP contribution >= 0.6 is 11.8 Å². The highest BCUT2D eigenvalue weighted by Gasteiger charge is 2.30. The average molecular weight is 419 g/mol. The van der Waals surface area contributed by atoms with E-state index in [1.54, 1.807) is 11.0 Å². The number of rotatable bonds is 5. The van der Waals surface area contributed by atoms with Gasteiger partial charge in [-0.05, 0) is 42.9 Å². The van der Waals surface area contributed by atoms with E-state index in [2.05, 4.69) is 30.8 Å². The van der Waals surface area contributed by atoms with Crippen LogP contribution in [0.15, 0.2) is 83.1 Å². The van der Waals surface area contributed by atoms with Crippen molar-refractivity contribution in [3.8, 4) is 0 Å². The molecule has 1 saturated heterocycles. The Morgan fingerprint density at radius 3 is 2.50 bits per heavy atom. The minimum atomic E-state index is -0.133. The monoisotopic (exact) mass is 418 g/mol. The number of nitrogens with zero attached hydrogens (tertiary/aromatic N) is 2. The number of carbonyl (C=O) groups excluding carboxylic acids is 2. The number of para-hydroxylation sites is 1. The summed E-state index contributed by atoms with van der Waals surface area (Å²) in [6, 6.07) is 18.3. The van der Waals surface area contributed by atoms with Gasteiger partial charge in [-0.3, -0.25) is 9.59 Å². The first kappa shape index (κ1) is 20.5. The Kier molecular flexibility index (Phi) is 6.38. The zero-order valence-electron chi connectivity index (χ0n) is 17.0. The molecule has 0 aliphatic carbocycles. The molecule has 0 atom stereocenters. The van der Waals surface area contributed by atoms with Crippen LogP contribution in [0.25, 0.3) is 0 Å². The molecule has 2 aromatic carbocycles. The standard InChI is InChI=1S/C25H26N2O2S/c1-2-14-27-21-10-6-7-11-22(21)30-23(25(27)29)18-24(28)26-15-12-20(13-16-26)17-19-8-4-3-5-9-19/h2-11,18,20H,1,12-17H2/b23-18+. The Hall–Kier alpha value is -2.79. The number of hydrogen-bond donors (Lipinski definition) is 0. The Balaban J connectivity index is 1.42. The predicted octanol–water partition coefficient (Wildman–Crippen LogP) is 4.68. The van der Waals surface area contributed by atoms with Crippen molar-refractivity contribution in [1.82, 2.24) is 4.90 Å². The van der Waals surface area contributed by atoms with Crippen LogP contribution in [0, 0.1) is 5.92 Å². The lowest BCUT2D eigenvalue weighted by molar-refractivity contribution is -0.127. The molecule has 0 saturated carbocycles. The third-order valence-corrected chi connectivity index (χ3v) is 6.77. The van der Waals surface area contributed by atoms with Crippen LogP contribution in [-0.2, 0) is 16.0 Å². The molecular formula is C25H26N2O2S. The minimum absolute atomic E-state index is 0.0676. The quantitative estimate of drug-likeness (QED) is 0.523. The minimum Gasteiger partial charge on any atom is -0.339 e. The normalized spacial score (nSPS) is 18.4. The Morgan fingerprint density at radius 1 is 1.07 bits per heavy atom. The van der Waals surface area contributed by atoms with Crippen LogP contribution in [0.5, 0.6) is 0 Å². The SMILES string of the molecule is C=CCN1C(=O)/C(=C\C(=O)N2CCC(Cc3ccccc3)CC2)Sc2ccccc21. The molecule has 2 amide bonds. The predicted molar refractivity (Wildman–Crippen MR) is 122 cm³/mol. The van der Waals surface area contributed by atoms with Gasteiger partial charge in [0.1, 0.15) is 0 Å². The maximum Gasteiger partial charge on any atom is 0.265 e. The second-order valence-corrected chi connectivity index (χ2v) is 8.82. The third kappa shape index (κ3) is 4.51. The van der Waals surface area contributed by atoms with Crippen molar-refractivity contribution in [2.24, 2.45) is 5.92 Å². The molecule has 2 aliphatic rings. The summed E-state index contributed by atoms with van der Waals surface area (Å²) in [4.78, 5) is 30.9. The second kappa shape index (κ2) is 9.35. The number of likely N-dealkylation sites (tertiary alicyclic amines) is 1. The van der Waals surface area contributed by atoms with Crippen LogP contribution in [0.1, 0.15) is 18.4 Å². The Labute approximate surface area is 182 Å². The number of piperidine rings is 1.